The summed E-state index contributed by atoms with van der Waals surface area (Å²) >= 11 is 0. The highest BCUT2D eigenvalue weighted by Crippen LogP contribution is 2.37. The third-order valence-corrected chi connectivity index (χ3v) is 4.53. The van der Waals surface area contributed by atoms with Crippen molar-refractivity contribution in [3.8, 4) is 0 Å². The second kappa shape index (κ2) is 5.84. The van der Waals surface area contributed by atoms with E-state index in [9.17, 15) is 0 Å². The van der Waals surface area contributed by atoms with E-state index in [1.165, 1.54) is 37.9 Å². The summed E-state index contributed by atoms with van der Waals surface area (Å²) in [5, 5.41) is 7.83. The minimum atomic E-state index is 0. The fourth-order valence-corrected chi connectivity index (χ4v) is 3.57. The summed E-state index contributed by atoms with van der Waals surface area (Å²) in [6, 6.07) is 19.7. The molecule has 0 fully saturated rings. The van der Waals surface area contributed by atoms with Crippen LogP contribution in [0.3, 0.4) is 0 Å². The molecule has 0 unspecified atom stereocenters. The van der Waals surface area contributed by atoms with E-state index in [1.54, 1.807) is 0 Å². The first-order chi connectivity index (χ1) is 10.6. The molecule has 0 aliphatic heterocycles. The predicted molar refractivity (Wildman–Crippen MR) is 104 cm³/mol. The van der Waals surface area contributed by atoms with Crippen molar-refractivity contribution in [2.45, 2.75) is 19.4 Å². The van der Waals surface area contributed by atoms with Crippen LogP contribution in [0.1, 0.15) is 24.9 Å². The van der Waals surface area contributed by atoms with Crippen molar-refractivity contribution < 1.29 is 0 Å². The van der Waals surface area contributed by atoms with E-state index in [2.05, 4.69) is 61.2 Å². The number of hydrogen-bond acceptors (Lipinski definition) is 1. The monoisotopic (exact) mass is 321 g/mol. The molecule has 0 saturated carbocycles. The summed E-state index contributed by atoms with van der Waals surface area (Å²) in [7, 11) is 0. The van der Waals surface area contributed by atoms with Crippen LogP contribution in [0.15, 0.2) is 66.7 Å². The van der Waals surface area contributed by atoms with Gasteiger partial charge in [-0.1, -0.05) is 60.2 Å². The van der Waals surface area contributed by atoms with Crippen LogP contribution in [-0.4, -0.2) is 0 Å². The van der Waals surface area contributed by atoms with Gasteiger partial charge in [0.2, 0.25) is 0 Å². The maximum atomic E-state index is 6.43. The van der Waals surface area contributed by atoms with Gasteiger partial charge in [0.15, 0.2) is 0 Å². The Morgan fingerprint density at radius 1 is 0.913 bits per heavy atom. The average molecular weight is 322 g/mol. The Morgan fingerprint density at radius 3 is 2.13 bits per heavy atom. The zero-order valence-corrected chi connectivity index (χ0v) is 14.0. The summed E-state index contributed by atoms with van der Waals surface area (Å²) in [6.07, 6.45) is 0.823. The standard InChI is InChI=1S/C21H19N.ClH/c1-13(2)12-19(22)17-10-8-16-7-6-14-4-3-5-15-9-11-18(17)21(16)20(14)15;/h3-11,19H,1,12,22H2,2H3;1H/t19-;/m1./s1. The first kappa shape index (κ1) is 15.8. The summed E-state index contributed by atoms with van der Waals surface area (Å²) < 4.78 is 0. The Hall–Kier alpha value is -2.09. The van der Waals surface area contributed by atoms with Crippen LogP contribution in [0, 0.1) is 0 Å². The molecule has 0 aliphatic carbocycles. The fraction of sp³-hybridized carbons (Fsp3) is 0.143. The predicted octanol–water partition coefficient (Wildman–Crippen LogP) is 5.97. The molecule has 23 heavy (non-hydrogen) atoms. The first-order valence-electron chi connectivity index (χ1n) is 7.71. The van der Waals surface area contributed by atoms with Gasteiger partial charge in [-0.3, -0.25) is 0 Å². The van der Waals surface area contributed by atoms with E-state index >= 15 is 0 Å². The van der Waals surface area contributed by atoms with Crippen LogP contribution in [0.4, 0.5) is 0 Å². The molecule has 0 amide bonds. The lowest BCUT2D eigenvalue weighted by Crippen LogP contribution is -2.11. The highest BCUT2D eigenvalue weighted by atomic mass is 35.5. The molecule has 2 heteroatoms. The smallest absolute Gasteiger partial charge is 0.0338 e. The van der Waals surface area contributed by atoms with E-state index in [0.29, 0.717) is 0 Å². The van der Waals surface area contributed by atoms with Crippen LogP contribution in [0.25, 0.3) is 32.3 Å². The first-order valence-corrected chi connectivity index (χ1v) is 7.71. The van der Waals surface area contributed by atoms with E-state index in [0.717, 1.165) is 12.0 Å². The summed E-state index contributed by atoms with van der Waals surface area (Å²) in [5.74, 6) is 0. The molecule has 4 aromatic carbocycles. The lowest BCUT2D eigenvalue weighted by Gasteiger charge is -2.18. The number of hydrogen-bond donors (Lipinski definition) is 1. The molecule has 1 atom stereocenters. The maximum Gasteiger partial charge on any atom is 0.0338 e. The van der Waals surface area contributed by atoms with Crippen LogP contribution >= 0.6 is 12.4 Å². The Bertz CT molecular complexity index is 987. The zero-order valence-electron chi connectivity index (χ0n) is 13.2. The van der Waals surface area contributed by atoms with E-state index in [-0.39, 0.29) is 18.4 Å². The van der Waals surface area contributed by atoms with E-state index in [4.69, 9.17) is 5.73 Å². The minimum Gasteiger partial charge on any atom is -0.324 e. The van der Waals surface area contributed by atoms with Gasteiger partial charge in [-0.05, 0) is 51.2 Å². The van der Waals surface area contributed by atoms with Crippen LogP contribution < -0.4 is 5.73 Å². The van der Waals surface area contributed by atoms with Crippen molar-refractivity contribution in [1.82, 2.24) is 0 Å². The van der Waals surface area contributed by atoms with Crippen LogP contribution in [-0.2, 0) is 0 Å². The Kier molecular flexibility index (Phi) is 4.01. The number of halogens is 1. The van der Waals surface area contributed by atoms with E-state index in [1.807, 2.05) is 6.92 Å². The van der Waals surface area contributed by atoms with Gasteiger partial charge in [0.1, 0.15) is 0 Å². The van der Waals surface area contributed by atoms with Crippen molar-refractivity contribution in [2.75, 3.05) is 0 Å². The molecule has 0 aromatic heterocycles. The van der Waals surface area contributed by atoms with Crippen molar-refractivity contribution in [2.24, 2.45) is 5.73 Å². The lowest BCUT2D eigenvalue weighted by molar-refractivity contribution is 0.723. The highest BCUT2D eigenvalue weighted by molar-refractivity contribution is 6.23. The molecule has 116 valence electrons. The van der Waals surface area contributed by atoms with Crippen molar-refractivity contribution >= 4 is 44.7 Å². The van der Waals surface area contributed by atoms with Gasteiger partial charge < -0.3 is 5.73 Å². The summed E-state index contributed by atoms with van der Waals surface area (Å²) in [6.45, 7) is 6.04. The minimum absolute atomic E-state index is 0. The SMILES string of the molecule is C=C(C)C[C@@H](N)c1ccc2ccc3cccc4ccc1c2c34.Cl. The van der Waals surface area contributed by atoms with Crippen molar-refractivity contribution in [3.05, 3.63) is 72.3 Å². The molecule has 0 spiro atoms. The second-order valence-electron chi connectivity index (χ2n) is 6.28. The fourth-order valence-electron chi connectivity index (χ4n) is 3.57. The highest BCUT2D eigenvalue weighted by Gasteiger charge is 2.14. The molecule has 4 rings (SSSR count). The largest absolute Gasteiger partial charge is 0.324 e. The van der Waals surface area contributed by atoms with Gasteiger partial charge in [-0.15, -0.1) is 19.0 Å². The molecule has 2 N–H and O–H groups in total. The number of nitrogens with two attached hydrogens (primary N) is 1. The Balaban J connectivity index is 0.00000156. The van der Waals surface area contributed by atoms with Gasteiger partial charge in [-0.2, -0.15) is 0 Å². The Morgan fingerprint density at radius 2 is 1.48 bits per heavy atom. The third kappa shape index (κ3) is 2.46. The quantitative estimate of drug-likeness (QED) is 0.365. The molecular weight excluding hydrogens is 302 g/mol. The third-order valence-electron chi connectivity index (χ3n) is 4.53. The molecule has 0 saturated heterocycles. The zero-order chi connectivity index (χ0) is 15.3. The molecule has 1 nitrogen and oxygen atoms in total. The number of benzene rings is 4. The second-order valence-corrected chi connectivity index (χ2v) is 6.28. The van der Waals surface area contributed by atoms with Crippen LogP contribution in [0.2, 0.25) is 0 Å². The molecular formula is C21H20ClN. The van der Waals surface area contributed by atoms with Gasteiger partial charge in [-0.25, -0.2) is 0 Å². The van der Waals surface area contributed by atoms with E-state index < -0.39 is 0 Å². The molecule has 4 aromatic rings. The normalized spacial score (nSPS) is 12.6. The summed E-state index contributed by atoms with van der Waals surface area (Å²) in [5.41, 5.74) is 8.77. The molecule has 0 radical (unpaired) electrons. The lowest BCUT2D eigenvalue weighted by atomic mass is 9.89. The maximum absolute atomic E-state index is 6.43. The molecule has 0 bridgehead atoms. The number of rotatable bonds is 3. The topological polar surface area (TPSA) is 26.0 Å². The Labute approximate surface area is 142 Å². The summed E-state index contributed by atoms with van der Waals surface area (Å²) in [4.78, 5) is 0. The van der Waals surface area contributed by atoms with Gasteiger partial charge in [0.25, 0.3) is 0 Å². The molecule has 0 heterocycles. The van der Waals surface area contributed by atoms with Gasteiger partial charge >= 0.3 is 0 Å². The van der Waals surface area contributed by atoms with Gasteiger partial charge in [0.05, 0.1) is 0 Å². The van der Waals surface area contributed by atoms with Crippen molar-refractivity contribution in [1.29, 1.82) is 0 Å². The molecule has 0 aliphatic rings. The van der Waals surface area contributed by atoms with Gasteiger partial charge in [0, 0.05) is 6.04 Å². The van der Waals surface area contributed by atoms with Crippen LogP contribution in [0.5, 0.6) is 0 Å². The van der Waals surface area contributed by atoms with Crippen molar-refractivity contribution in [3.63, 3.8) is 0 Å². The average Bonchev–Trinajstić information content (AvgIpc) is 2.51.